The molecule has 264 valence electrons. The first-order chi connectivity index (χ1) is 25.5. The highest BCUT2D eigenvalue weighted by atomic mass is 16.5. The van der Waals surface area contributed by atoms with Crippen LogP contribution in [-0.4, -0.2) is 19.2 Å². The van der Waals surface area contributed by atoms with Crippen LogP contribution in [0.3, 0.4) is 0 Å². The summed E-state index contributed by atoms with van der Waals surface area (Å²) in [6.45, 7) is 18.5. The van der Waals surface area contributed by atoms with Gasteiger partial charge >= 0.3 is 0 Å². The summed E-state index contributed by atoms with van der Waals surface area (Å²) in [6, 6.07) is 38.7. The molecule has 0 N–H and O–H groups in total. The van der Waals surface area contributed by atoms with Crippen LogP contribution in [0.2, 0.25) is 0 Å². The van der Waals surface area contributed by atoms with E-state index in [1.54, 1.807) is 0 Å². The van der Waals surface area contributed by atoms with E-state index in [0.717, 1.165) is 45.0 Å². The zero-order chi connectivity index (χ0) is 36.8. The molecule has 0 fully saturated rings. The summed E-state index contributed by atoms with van der Waals surface area (Å²) >= 11 is 0. The van der Waals surface area contributed by atoms with Crippen molar-refractivity contribution in [3.8, 4) is 39.6 Å². The van der Waals surface area contributed by atoms with Crippen LogP contribution in [0.15, 0.2) is 122 Å². The molecule has 0 amide bonds. The van der Waals surface area contributed by atoms with Crippen molar-refractivity contribution in [3.05, 3.63) is 144 Å². The number of pyridine rings is 1. The number of nitrogens with zero attached hydrogens (tertiary/aromatic N) is 4. The molecule has 1 aliphatic rings. The number of hydrogen-bond donors (Lipinski definition) is 0. The Bertz CT molecular complexity index is 2680. The van der Waals surface area contributed by atoms with Crippen molar-refractivity contribution < 1.29 is 4.74 Å². The maximum Gasteiger partial charge on any atom is 0.146 e. The van der Waals surface area contributed by atoms with Gasteiger partial charge < -0.3 is 4.74 Å². The number of imidazole rings is 1. The van der Waals surface area contributed by atoms with E-state index in [1.165, 1.54) is 44.2 Å². The number of ether oxygens (including phenoxy) is 1. The minimum atomic E-state index is -0.194. The second-order valence-corrected chi connectivity index (χ2v) is 16.4. The van der Waals surface area contributed by atoms with Crippen LogP contribution in [0.4, 0.5) is 0 Å². The first-order valence-electron chi connectivity index (χ1n) is 18.9. The summed E-state index contributed by atoms with van der Waals surface area (Å²) in [6.07, 6.45) is 4.13. The average Bonchev–Trinajstić information content (AvgIpc) is 3.81. The molecule has 1 aliphatic heterocycles. The maximum atomic E-state index is 6.66. The lowest BCUT2D eigenvalue weighted by atomic mass is 9.60. The van der Waals surface area contributed by atoms with E-state index in [9.17, 15) is 0 Å². The molecule has 3 aromatic heterocycles. The summed E-state index contributed by atoms with van der Waals surface area (Å²) in [5.41, 5.74) is 12.7. The molecule has 0 saturated heterocycles. The van der Waals surface area contributed by atoms with Gasteiger partial charge in [0.1, 0.15) is 17.1 Å². The molecule has 5 heteroatoms. The molecule has 0 radical (unpaired) electrons. The van der Waals surface area contributed by atoms with Gasteiger partial charge in [-0.15, -0.1) is 0 Å². The molecule has 53 heavy (non-hydrogen) atoms. The Balaban J connectivity index is 1.16. The minimum Gasteiger partial charge on any atom is -0.457 e. The third-order valence-electron chi connectivity index (χ3n) is 12.1. The topological polar surface area (TPSA) is 44.3 Å². The molecule has 4 heterocycles. The molecular weight excluding hydrogens is 649 g/mol. The van der Waals surface area contributed by atoms with Gasteiger partial charge in [0.25, 0.3) is 0 Å². The van der Waals surface area contributed by atoms with Crippen molar-refractivity contribution in [3.63, 3.8) is 0 Å². The van der Waals surface area contributed by atoms with Crippen LogP contribution in [-0.2, 0) is 10.8 Å². The van der Waals surface area contributed by atoms with Crippen molar-refractivity contribution in [1.29, 1.82) is 0 Å². The van der Waals surface area contributed by atoms with Crippen LogP contribution in [0.5, 0.6) is 11.5 Å². The van der Waals surface area contributed by atoms with Gasteiger partial charge in [0.15, 0.2) is 0 Å². The molecule has 0 saturated carbocycles. The minimum absolute atomic E-state index is 0.120. The van der Waals surface area contributed by atoms with E-state index >= 15 is 0 Å². The molecule has 0 bridgehead atoms. The first-order valence-corrected chi connectivity index (χ1v) is 18.9. The second kappa shape index (κ2) is 11.9. The van der Waals surface area contributed by atoms with Gasteiger partial charge in [0, 0.05) is 45.0 Å². The smallest absolute Gasteiger partial charge is 0.146 e. The Kier molecular flexibility index (Phi) is 7.46. The third kappa shape index (κ3) is 4.97. The molecule has 0 atom stereocenters. The van der Waals surface area contributed by atoms with Gasteiger partial charge in [-0.3, -0.25) is 4.40 Å². The van der Waals surface area contributed by atoms with Crippen molar-refractivity contribution in [1.82, 2.24) is 19.2 Å². The number of rotatable bonds is 7. The van der Waals surface area contributed by atoms with Crippen molar-refractivity contribution in [2.45, 2.75) is 78.1 Å². The van der Waals surface area contributed by atoms with Crippen LogP contribution >= 0.6 is 0 Å². The highest BCUT2D eigenvalue weighted by molar-refractivity contribution is 6.14. The largest absolute Gasteiger partial charge is 0.457 e. The normalized spacial score (nSPS) is 14.7. The Morgan fingerprint density at radius 2 is 1.32 bits per heavy atom. The first kappa shape index (κ1) is 33.2. The zero-order valence-electron chi connectivity index (χ0n) is 31.9. The van der Waals surface area contributed by atoms with Crippen molar-refractivity contribution in [2.75, 3.05) is 0 Å². The van der Waals surface area contributed by atoms with E-state index in [2.05, 4.69) is 163 Å². The van der Waals surface area contributed by atoms with Gasteiger partial charge in [-0.1, -0.05) is 128 Å². The Labute approximate surface area is 311 Å². The van der Waals surface area contributed by atoms with E-state index < -0.39 is 0 Å². The van der Waals surface area contributed by atoms with Crippen LogP contribution < -0.4 is 4.74 Å². The van der Waals surface area contributed by atoms with Gasteiger partial charge in [0.2, 0.25) is 0 Å². The van der Waals surface area contributed by atoms with Crippen molar-refractivity contribution in [2.24, 2.45) is 0 Å². The molecule has 0 unspecified atom stereocenters. The monoisotopic (exact) mass is 694 g/mol. The number of benzene rings is 5. The molecule has 9 rings (SSSR count). The quantitative estimate of drug-likeness (QED) is 0.156. The molecular formula is C48H46N4O. The lowest BCUT2D eigenvalue weighted by Gasteiger charge is -2.46. The summed E-state index contributed by atoms with van der Waals surface area (Å²) in [5, 5.41) is 8.31. The maximum absolute atomic E-state index is 6.66. The summed E-state index contributed by atoms with van der Waals surface area (Å²) in [7, 11) is 0. The molecule has 0 spiro atoms. The highest BCUT2D eigenvalue weighted by Gasteiger charge is 2.48. The van der Waals surface area contributed by atoms with Crippen molar-refractivity contribution >= 4 is 27.3 Å². The fraction of sp³-hybridized carbons (Fsp3) is 0.250. The van der Waals surface area contributed by atoms with Gasteiger partial charge in [-0.25, -0.2) is 9.67 Å². The Morgan fingerprint density at radius 1 is 0.623 bits per heavy atom. The van der Waals surface area contributed by atoms with E-state index in [-0.39, 0.29) is 10.8 Å². The Morgan fingerprint density at radius 3 is 2.06 bits per heavy atom. The second-order valence-electron chi connectivity index (χ2n) is 16.4. The molecule has 0 aliphatic carbocycles. The Hall–Kier alpha value is -5.68. The lowest BCUT2D eigenvalue weighted by Crippen LogP contribution is -2.44. The standard InChI is InChI=1S/C48H46N4O/c1-29(2)36-19-13-20-37(30(3)4)42(36)32-27-49-51(28-32)33-17-12-18-34(25-33)53-35-23-24-38-39-21-14-22-41-44(39)52-45(48(7,8)47(41,5)6)43(31-15-10-9-11-16-31)50-46(52)40(38)26-35/h9-30H,1-8H3. The van der Waals surface area contributed by atoms with Gasteiger partial charge in [-0.2, -0.15) is 5.10 Å². The van der Waals surface area contributed by atoms with E-state index in [4.69, 9.17) is 14.8 Å². The fourth-order valence-corrected chi connectivity index (χ4v) is 8.64. The predicted octanol–water partition coefficient (Wildman–Crippen LogP) is 12.8. The van der Waals surface area contributed by atoms with Crippen LogP contribution in [0, 0.1) is 0 Å². The van der Waals surface area contributed by atoms with Gasteiger partial charge in [0.05, 0.1) is 28.8 Å². The molecule has 5 aromatic carbocycles. The van der Waals surface area contributed by atoms with Gasteiger partial charge in [-0.05, 0) is 69.8 Å². The average molecular weight is 695 g/mol. The molecule has 8 aromatic rings. The number of aromatic nitrogens is 4. The number of para-hydroxylation sites is 1. The number of fused-ring (bicyclic) bond motifs is 3. The summed E-state index contributed by atoms with van der Waals surface area (Å²) in [4.78, 5) is 5.49. The van der Waals surface area contributed by atoms with E-state index in [1.807, 2.05) is 23.0 Å². The lowest BCUT2D eigenvalue weighted by molar-refractivity contribution is 0.289. The summed E-state index contributed by atoms with van der Waals surface area (Å²) in [5.74, 6) is 2.34. The fourth-order valence-electron chi connectivity index (χ4n) is 8.64. The summed E-state index contributed by atoms with van der Waals surface area (Å²) < 4.78 is 11.1. The predicted molar refractivity (Wildman–Crippen MR) is 219 cm³/mol. The van der Waals surface area contributed by atoms with Crippen LogP contribution in [0.1, 0.15) is 89.6 Å². The highest BCUT2D eigenvalue weighted by Crippen LogP contribution is 2.54. The van der Waals surface area contributed by atoms with Crippen LogP contribution in [0.25, 0.3) is 55.4 Å². The number of hydrogen-bond acceptors (Lipinski definition) is 3. The SMILES string of the molecule is CC(C)c1cccc(C(C)C)c1-c1cnn(-c2cccc(Oc3ccc4c(c3)c3nc(-c5ccccc5)c5n3c3c(cccc43)C(C)(C)C5(C)C)c2)c1. The molecule has 5 nitrogen and oxygen atoms in total. The zero-order valence-corrected chi connectivity index (χ0v) is 31.9. The third-order valence-corrected chi connectivity index (χ3v) is 12.1. The van der Waals surface area contributed by atoms with E-state index in [0.29, 0.717) is 11.8 Å².